The molecule has 1 unspecified atom stereocenters. The van der Waals surface area contributed by atoms with Crippen molar-refractivity contribution in [3.63, 3.8) is 0 Å². The molecule has 7 heteroatoms. The zero-order valence-electron chi connectivity index (χ0n) is 17.4. The van der Waals surface area contributed by atoms with Gasteiger partial charge in [0.05, 0.1) is 19.0 Å². The highest BCUT2D eigenvalue weighted by molar-refractivity contribution is 14.0. The van der Waals surface area contributed by atoms with Crippen LogP contribution in [-0.4, -0.2) is 35.2 Å². The summed E-state index contributed by atoms with van der Waals surface area (Å²) in [5.74, 6) is 2.29. The first-order valence-electron chi connectivity index (χ1n) is 9.81. The lowest BCUT2D eigenvalue weighted by Gasteiger charge is -2.19. The fraction of sp³-hybridized carbons (Fsp3) is 0.524. The van der Waals surface area contributed by atoms with E-state index in [0.29, 0.717) is 5.92 Å². The summed E-state index contributed by atoms with van der Waals surface area (Å²) in [6, 6.07) is 8.44. The van der Waals surface area contributed by atoms with E-state index in [1.54, 1.807) is 6.20 Å². The summed E-state index contributed by atoms with van der Waals surface area (Å²) in [6.45, 7) is 11.8. The molecule has 0 aliphatic rings. The third kappa shape index (κ3) is 8.95. The monoisotopic (exact) mass is 499 g/mol. The van der Waals surface area contributed by atoms with Crippen molar-refractivity contribution < 1.29 is 4.74 Å². The Morgan fingerprint density at radius 2 is 1.96 bits per heavy atom. The van der Waals surface area contributed by atoms with Gasteiger partial charge in [-0.1, -0.05) is 26.0 Å². The maximum atomic E-state index is 5.75. The normalized spacial score (nSPS) is 12.4. The van der Waals surface area contributed by atoms with Crippen LogP contribution >= 0.6 is 24.0 Å². The molecule has 0 saturated carbocycles. The lowest BCUT2D eigenvalue weighted by atomic mass is 10.1. The number of halogens is 1. The molecule has 6 nitrogen and oxygen atoms in total. The Kier molecular flexibility index (Phi) is 11.6. The Morgan fingerprint density at radius 1 is 1.21 bits per heavy atom. The second-order valence-electron chi connectivity index (χ2n) is 7.05. The van der Waals surface area contributed by atoms with Crippen molar-refractivity contribution in [2.24, 2.45) is 10.9 Å². The molecule has 0 saturated heterocycles. The van der Waals surface area contributed by atoms with Gasteiger partial charge < -0.3 is 19.9 Å². The van der Waals surface area contributed by atoms with Gasteiger partial charge in [0.2, 0.25) is 0 Å². The number of imidazole rings is 1. The molecule has 2 N–H and O–H groups in total. The van der Waals surface area contributed by atoms with Gasteiger partial charge in [0.1, 0.15) is 5.75 Å². The molecule has 1 aromatic heterocycles. The van der Waals surface area contributed by atoms with E-state index in [1.165, 1.54) is 5.56 Å². The highest BCUT2D eigenvalue weighted by Gasteiger charge is 2.08. The minimum atomic E-state index is 0. The van der Waals surface area contributed by atoms with E-state index in [4.69, 9.17) is 4.74 Å². The topological polar surface area (TPSA) is 63.5 Å². The van der Waals surface area contributed by atoms with E-state index < -0.39 is 0 Å². The van der Waals surface area contributed by atoms with E-state index >= 15 is 0 Å². The minimum absolute atomic E-state index is 0. The summed E-state index contributed by atoms with van der Waals surface area (Å²) in [7, 11) is 0. The Hall–Kier alpha value is -1.77. The number of aromatic nitrogens is 2. The standard InChI is InChI=1S/C21H33N5O.HI/c1-5-23-21(24-11-6-13-26-14-12-22-16-26)25-18(4)19-7-9-20(10-8-19)27-15-17(2)3;/h7-10,12,14,16-18H,5-6,11,13,15H2,1-4H3,(H2,23,24,25);1H. The van der Waals surface area contributed by atoms with Crippen molar-refractivity contribution >= 4 is 29.9 Å². The molecule has 0 bridgehead atoms. The van der Waals surface area contributed by atoms with Gasteiger partial charge in [-0.3, -0.25) is 4.99 Å². The van der Waals surface area contributed by atoms with Gasteiger partial charge >= 0.3 is 0 Å². The number of hydrogen-bond donors (Lipinski definition) is 2. The molecule has 1 aromatic carbocycles. The lowest BCUT2D eigenvalue weighted by molar-refractivity contribution is 0.271. The maximum Gasteiger partial charge on any atom is 0.191 e. The Bertz CT molecular complexity index is 671. The van der Waals surface area contributed by atoms with Crippen molar-refractivity contribution in [3.05, 3.63) is 48.5 Å². The fourth-order valence-corrected chi connectivity index (χ4v) is 2.59. The lowest BCUT2D eigenvalue weighted by Crippen LogP contribution is -2.38. The molecule has 0 spiro atoms. The van der Waals surface area contributed by atoms with E-state index in [1.807, 2.05) is 24.7 Å². The molecular formula is C21H34IN5O. The number of benzene rings is 1. The van der Waals surface area contributed by atoms with Crippen LogP contribution in [0.5, 0.6) is 5.75 Å². The van der Waals surface area contributed by atoms with Crippen molar-refractivity contribution in [1.29, 1.82) is 0 Å². The minimum Gasteiger partial charge on any atom is -0.493 e. The number of nitrogens with zero attached hydrogens (tertiary/aromatic N) is 3. The number of rotatable bonds is 10. The SMILES string of the molecule is CCNC(=NCCCn1ccnc1)NC(C)c1ccc(OCC(C)C)cc1.I. The van der Waals surface area contributed by atoms with Gasteiger partial charge in [0.25, 0.3) is 0 Å². The molecule has 156 valence electrons. The molecule has 0 aliphatic heterocycles. The summed E-state index contributed by atoms with van der Waals surface area (Å²) >= 11 is 0. The number of nitrogens with one attached hydrogen (secondary N) is 2. The fourth-order valence-electron chi connectivity index (χ4n) is 2.59. The first-order valence-corrected chi connectivity index (χ1v) is 9.81. The largest absolute Gasteiger partial charge is 0.493 e. The van der Waals surface area contributed by atoms with Crippen molar-refractivity contribution in [2.45, 2.75) is 46.7 Å². The second-order valence-corrected chi connectivity index (χ2v) is 7.05. The Labute approximate surface area is 186 Å². The van der Waals surface area contributed by atoms with E-state index in [0.717, 1.165) is 44.4 Å². The van der Waals surface area contributed by atoms with Crippen molar-refractivity contribution in [2.75, 3.05) is 19.7 Å². The van der Waals surface area contributed by atoms with Crippen LogP contribution in [-0.2, 0) is 6.54 Å². The summed E-state index contributed by atoms with van der Waals surface area (Å²) < 4.78 is 7.83. The Balaban J connectivity index is 0.00000392. The summed E-state index contributed by atoms with van der Waals surface area (Å²) in [6.07, 6.45) is 6.59. The summed E-state index contributed by atoms with van der Waals surface area (Å²) in [5.41, 5.74) is 1.20. The van der Waals surface area contributed by atoms with Gasteiger partial charge in [0.15, 0.2) is 5.96 Å². The summed E-state index contributed by atoms with van der Waals surface area (Å²) in [4.78, 5) is 8.74. The van der Waals surface area contributed by atoms with Crippen LogP contribution in [0.1, 0.15) is 45.7 Å². The molecule has 1 heterocycles. The maximum absolute atomic E-state index is 5.75. The van der Waals surface area contributed by atoms with E-state index in [2.05, 4.69) is 65.0 Å². The first-order chi connectivity index (χ1) is 13.1. The third-order valence-corrected chi connectivity index (χ3v) is 4.06. The Morgan fingerprint density at radius 3 is 2.57 bits per heavy atom. The molecule has 2 rings (SSSR count). The second kappa shape index (κ2) is 13.4. The van der Waals surface area contributed by atoms with Crippen LogP contribution in [0.4, 0.5) is 0 Å². The van der Waals surface area contributed by atoms with Gasteiger partial charge in [-0.05, 0) is 43.9 Å². The van der Waals surface area contributed by atoms with Crippen LogP contribution in [0.25, 0.3) is 0 Å². The molecule has 0 aliphatic carbocycles. The molecule has 28 heavy (non-hydrogen) atoms. The molecule has 1 atom stereocenters. The van der Waals surface area contributed by atoms with Crippen LogP contribution in [0.2, 0.25) is 0 Å². The van der Waals surface area contributed by atoms with Crippen molar-refractivity contribution in [1.82, 2.24) is 20.2 Å². The van der Waals surface area contributed by atoms with Gasteiger partial charge in [-0.25, -0.2) is 4.98 Å². The molecule has 2 aromatic rings. The van der Waals surface area contributed by atoms with E-state index in [-0.39, 0.29) is 30.0 Å². The number of hydrogen-bond acceptors (Lipinski definition) is 3. The number of guanidine groups is 1. The average Bonchev–Trinajstić information content (AvgIpc) is 3.17. The molecule has 0 radical (unpaired) electrons. The number of aliphatic imine (C=N–C) groups is 1. The molecular weight excluding hydrogens is 465 g/mol. The van der Waals surface area contributed by atoms with Crippen LogP contribution < -0.4 is 15.4 Å². The first kappa shape index (κ1) is 24.3. The smallest absolute Gasteiger partial charge is 0.191 e. The zero-order valence-corrected chi connectivity index (χ0v) is 19.7. The quantitative estimate of drug-likeness (QED) is 0.222. The molecule has 0 amide bonds. The summed E-state index contributed by atoms with van der Waals surface area (Å²) in [5, 5.41) is 6.79. The number of ether oxygens (including phenoxy) is 1. The van der Waals surface area contributed by atoms with Crippen LogP contribution in [0.3, 0.4) is 0 Å². The van der Waals surface area contributed by atoms with Crippen molar-refractivity contribution in [3.8, 4) is 5.75 Å². The predicted octanol–water partition coefficient (Wildman–Crippen LogP) is 4.24. The number of aryl methyl sites for hydroxylation is 1. The highest BCUT2D eigenvalue weighted by atomic mass is 127. The molecule has 0 fully saturated rings. The zero-order chi connectivity index (χ0) is 19.5. The van der Waals surface area contributed by atoms with Crippen LogP contribution in [0.15, 0.2) is 48.0 Å². The van der Waals surface area contributed by atoms with Crippen LogP contribution in [0, 0.1) is 5.92 Å². The van der Waals surface area contributed by atoms with Gasteiger partial charge in [0, 0.05) is 32.0 Å². The average molecular weight is 499 g/mol. The third-order valence-electron chi connectivity index (χ3n) is 4.06. The van der Waals surface area contributed by atoms with Gasteiger partial charge in [-0.15, -0.1) is 24.0 Å². The van der Waals surface area contributed by atoms with E-state index in [9.17, 15) is 0 Å². The van der Waals surface area contributed by atoms with Gasteiger partial charge in [-0.2, -0.15) is 0 Å². The highest BCUT2D eigenvalue weighted by Crippen LogP contribution is 2.18. The predicted molar refractivity (Wildman–Crippen MR) is 127 cm³/mol.